The molecule has 7 nitrogen and oxygen atoms in total. The molecule has 1 aliphatic rings. The van der Waals surface area contributed by atoms with Gasteiger partial charge in [0, 0.05) is 6.54 Å². The van der Waals surface area contributed by atoms with Crippen LogP contribution in [-0.4, -0.2) is 55.6 Å². The highest BCUT2D eigenvalue weighted by Crippen LogP contribution is 2.41. The van der Waals surface area contributed by atoms with Crippen LogP contribution in [0.25, 0.3) is 11.0 Å². The van der Waals surface area contributed by atoms with Gasteiger partial charge in [-0.1, -0.05) is 45.4 Å². The number of nitrogens with zero attached hydrogens (tertiary/aromatic N) is 2. The summed E-state index contributed by atoms with van der Waals surface area (Å²) in [7, 11) is 1.60. The number of benzene rings is 2. The number of carbonyl (C=O) groups is 1. The van der Waals surface area contributed by atoms with Crippen LogP contribution in [0.5, 0.6) is 11.5 Å². The molecule has 1 amide bonds. The Kier molecular flexibility index (Phi) is 8.31. The zero-order chi connectivity index (χ0) is 25.7. The van der Waals surface area contributed by atoms with Gasteiger partial charge in [-0.2, -0.15) is 0 Å². The van der Waals surface area contributed by atoms with E-state index in [-0.39, 0.29) is 17.1 Å². The molecule has 4 rings (SSSR count). The number of rotatable bonds is 12. The molecule has 3 aromatic rings. The summed E-state index contributed by atoms with van der Waals surface area (Å²) in [5, 5.41) is 0.477. The molecule has 192 valence electrons. The van der Waals surface area contributed by atoms with Crippen LogP contribution >= 0.6 is 0 Å². The second kappa shape index (κ2) is 11.6. The van der Waals surface area contributed by atoms with Gasteiger partial charge in [-0.3, -0.25) is 9.59 Å². The number of para-hydroxylation sites is 1. The summed E-state index contributed by atoms with van der Waals surface area (Å²) in [5.74, 6) is 1.11. The average molecular weight is 493 g/mol. The summed E-state index contributed by atoms with van der Waals surface area (Å²) < 4.78 is 17.6. The molecule has 7 heteroatoms. The van der Waals surface area contributed by atoms with Crippen molar-refractivity contribution in [2.24, 2.45) is 0 Å². The fraction of sp³-hybridized carbons (Fsp3) is 0.448. The Labute approximate surface area is 212 Å². The van der Waals surface area contributed by atoms with Crippen molar-refractivity contribution in [3.05, 3.63) is 69.6 Å². The van der Waals surface area contributed by atoms with Crippen molar-refractivity contribution in [2.75, 3.05) is 39.9 Å². The van der Waals surface area contributed by atoms with E-state index in [2.05, 4.69) is 25.7 Å². The third-order valence-corrected chi connectivity index (χ3v) is 6.90. The maximum atomic E-state index is 13.7. The molecule has 2 heterocycles. The van der Waals surface area contributed by atoms with E-state index in [1.54, 1.807) is 30.2 Å². The van der Waals surface area contributed by atoms with Crippen LogP contribution in [-0.2, 0) is 0 Å². The predicted molar refractivity (Wildman–Crippen MR) is 141 cm³/mol. The lowest BCUT2D eigenvalue weighted by atomic mass is 9.98. The summed E-state index contributed by atoms with van der Waals surface area (Å²) in [6, 6.07) is 12.2. The summed E-state index contributed by atoms with van der Waals surface area (Å²) in [6.07, 6.45) is 2.78. The van der Waals surface area contributed by atoms with E-state index < -0.39 is 6.04 Å². The Morgan fingerprint density at radius 3 is 2.50 bits per heavy atom. The highest BCUT2D eigenvalue weighted by Gasteiger charge is 2.42. The highest BCUT2D eigenvalue weighted by molar-refractivity contribution is 5.99. The zero-order valence-electron chi connectivity index (χ0n) is 21.7. The van der Waals surface area contributed by atoms with Crippen molar-refractivity contribution < 1.29 is 18.7 Å². The van der Waals surface area contributed by atoms with Gasteiger partial charge in [0.05, 0.1) is 30.7 Å². The van der Waals surface area contributed by atoms with Crippen molar-refractivity contribution >= 4 is 16.9 Å². The first-order valence-corrected chi connectivity index (χ1v) is 12.9. The van der Waals surface area contributed by atoms with E-state index in [1.807, 2.05) is 24.3 Å². The maximum absolute atomic E-state index is 13.7. The molecule has 1 unspecified atom stereocenters. The van der Waals surface area contributed by atoms with Crippen LogP contribution < -0.4 is 14.9 Å². The van der Waals surface area contributed by atoms with Crippen molar-refractivity contribution in [3.8, 4) is 11.5 Å². The third-order valence-electron chi connectivity index (χ3n) is 6.90. The van der Waals surface area contributed by atoms with Crippen LogP contribution in [0.15, 0.2) is 51.7 Å². The molecule has 0 N–H and O–H groups in total. The Balaban J connectivity index is 1.76. The lowest BCUT2D eigenvalue weighted by Crippen LogP contribution is -2.33. The molecule has 0 spiro atoms. The lowest BCUT2D eigenvalue weighted by molar-refractivity contribution is 0.0720. The average Bonchev–Trinajstić information content (AvgIpc) is 3.18. The van der Waals surface area contributed by atoms with Crippen LogP contribution in [0, 0.1) is 0 Å². The molecule has 0 saturated carbocycles. The first-order chi connectivity index (χ1) is 17.5. The van der Waals surface area contributed by atoms with E-state index >= 15 is 0 Å². The van der Waals surface area contributed by atoms with E-state index in [0.717, 1.165) is 44.5 Å². The molecule has 0 radical (unpaired) electrons. The number of unbranched alkanes of at least 4 members (excludes halogenated alkanes) is 1. The third kappa shape index (κ3) is 4.98. The number of amides is 1. The molecule has 36 heavy (non-hydrogen) atoms. The number of methoxy groups -OCH3 is 1. The van der Waals surface area contributed by atoms with E-state index in [4.69, 9.17) is 13.9 Å². The largest absolute Gasteiger partial charge is 0.493 e. The molecule has 0 fully saturated rings. The molecular formula is C29H36N2O5. The molecular weight excluding hydrogens is 456 g/mol. The van der Waals surface area contributed by atoms with Gasteiger partial charge in [-0.15, -0.1) is 0 Å². The molecule has 0 saturated heterocycles. The molecule has 1 aliphatic heterocycles. The van der Waals surface area contributed by atoms with E-state index in [1.165, 1.54) is 0 Å². The van der Waals surface area contributed by atoms with Crippen LogP contribution in [0.3, 0.4) is 0 Å². The van der Waals surface area contributed by atoms with Gasteiger partial charge in [0.25, 0.3) is 5.91 Å². The minimum absolute atomic E-state index is 0.133. The number of hydrogen-bond acceptors (Lipinski definition) is 6. The minimum Gasteiger partial charge on any atom is -0.493 e. The van der Waals surface area contributed by atoms with Crippen LogP contribution in [0.4, 0.5) is 0 Å². The van der Waals surface area contributed by atoms with Crippen molar-refractivity contribution in [1.29, 1.82) is 0 Å². The summed E-state index contributed by atoms with van der Waals surface area (Å²) in [6.45, 7) is 10.3. The topological polar surface area (TPSA) is 72.2 Å². The first-order valence-electron chi connectivity index (χ1n) is 12.9. The number of ether oxygens (including phenoxy) is 2. The number of carbonyl (C=O) groups excluding carboxylic acids is 1. The Morgan fingerprint density at radius 2 is 1.78 bits per heavy atom. The molecule has 1 aromatic heterocycles. The van der Waals surface area contributed by atoms with E-state index in [0.29, 0.717) is 41.2 Å². The molecule has 1 atom stereocenters. The zero-order valence-corrected chi connectivity index (χ0v) is 21.7. The SMILES string of the molecule is CCCCOc1ccc(C2c3c(oc4ccccc4c3=O)C(=O)N2CCCN(CC)CC)cc1OC. The fourth-order valence-corrected chi connectivity index (χ4v) is 4.85. The molecule has 0 aliphatic carbocycles. The van der Waals surface area contributed by atoms with Crippen LogP contribution in [0.1, 0.15) is 67.8 Å². The second-order valence-electron chi connectivity index (χ2n) is 9.06. The van der Waals surface area contributed by atoms with Gasteiger partial charge in [-0.05, 0) is 62.3 Å². The van der Waals surface area contributed by atoms with Gasteiger partial charge in [0.15, 0.2) is 16.9 Å². The van der Waals surface area contributed by atoms with Crippen molar-refractivity contribution in [3.63, 3.8) is 0 Å². The fourth-order valence-electron chi connectivity index (χ4n) is 4.85. The normalized spacial score (nSPS) is 15.1. The van der Waals surface area contributed by atoms with Gasteiger partial charge in [-0.25, -0.2) is 0 Å². The smallest absolute Gasteiger partial charge is 0.290 e. The quantitative estimate of drug-likeness (QED) is 0.321. The van der Waals surface area contributed by atoms with Crippen molar-refractivity contribution in [1.82, 2.24) is 9.80 Å². The molecule has 2 aromatic carbocycles. The predicted octanol–water partition coefficient (Wildman–Crippen LogP) is 5.26. The summed E-state index contributed by atoms with van der Waals surface area (Å²) in [5.41, 5.74) is 1.45. The Bertz CT molecular complexity index is 1260. The Hall–Kier alpha value is -3.32. The van der Waals surface area contributed by atoms with Gasteiger partial charge < -0.3 is 23.7 Å². The van der Waals surface area contributed by atoms with Gasteiger partial charge in [0.2, 0.25) is 5.76 Å². The van der Waals surface area contributed by atoms with Gasteiger partial charge >= 0.3 is 0 Å². The number of hydrogen-bond donors (Lipinski definition) is 0. The van der Waals surface area contributed by atoms with Crippen LogP contribution in [0.2, 0.25) is 0 Å². The van der Waals surface area contributed by atoms with Gasteiger partial charge in [0.1, 0.15) is 5.58 Å². The Morgan fingerprint density at radius 1 is 1.00 bits per heavy atom. The summed E-state index contributed by atoms with van der Waals surface area (Å²) >= 11 is 0. The monoisotopic (exact) mass is 492 g/mol. The first kappa shape index (κ1) is 25.8. The minimum atomic E-state index is -0.552. The standard InChI is InChI=1S/C29H36N2O5/c1-5-8-18-35-23-15-14-20(19-24(23)34-4)26-25-27(32)21-12-9-10-13-22(21)36-28(25)29(33)31(26)17-11-16-30(6-2)7-3/h9-10,12-15,19,26H,5-8,11,16-18H2,1-4H3. The van der Waals surface area contributed by atoms with Crippen molar-refractivity contribution in [2.45, 2.75) is 46.1 Å². The molecule has 0 bridgehead atoms. The highest BCUT2D eigenvalue weighted by atomic mass is 16.5. The van der Waals surface area contributed by atoms with E-state index in [9.17, 15) is 9.59 Å². The number of fused-ring (bicyclic) bond motifs is 2. The summed E-state index contributed by atoms with van der Waals surface area (Å²) in [4.78, 5) is 31.4. The maximum Gasteiger partial charge on any atom is 0.290 e. The second-order valence-corrected chi connectivity index (χ2v) is 9.06. The lowest BCUT2D eigenvalue weighted by Gasteiger charge is -2.27.